The lowest BCUT2D eigenvalue weighted by molar-refractivity contribution is 0.249. The number of piperazine rings is 1. The van der Waals surface area contributed by atoms with Crippen molar-refractivity contribution in [2.75, 3.05) is 31.1 Å². The van der Waals surface area contributed by atoms with E-state index >= 15 is 0 Å². The lowest BCUT2D eigenvalue weighted by Gasteiger charge is -2.35. The number of anilines is 1. The molecule has 4 aromatic rings. The van der Waals surface area contributed by atoms with Gasteiger partial charge in [-0.25, -0.2) is 9.37 Å². The van der Waals surface area contributed by atoms with Crippen molar-refractivity contribution in [2.24, 2.45) is 0 Å². The van der Waals surface area contributed by atoms with Crippen LogP contribution in [0.1, 0.15) is 5.56 Å². The highest BCUT2D eigenvalue weighted by Gasteiger charge is 2.18. The molecule has 4 heteroatoms. The van der Waals surface area contributed by atoms with Gasteiger partial charge in [-0.15, -0.1) is 0 Å². The minimum absolute atomic E-state index is 0.201. The van der Waals surface area contributed by atoms with Crippen LogP contribution in [0, 0.1) is 5.82 Å². The third-order valence-corrected chi connectivity index (χ3v) is 5.82. The maximum absolute atomic E-state index is 13.1. The van der Waals surface area contributed by atoms with Crippen LogP contribution in [-0.2, 0) is 6.54 Å². The van der Waals surface area contributed by atoms with Gasteiger partial charge in [-0.3, -0.25) is 4.90 Å². The Kier molecular flexibility index (Phi) is 5.16. The summed E-state index contributed by atoms with van der Waals surface area (Å²) in [6.45, 7) is 4.96. The van der Waals surface area contributed by atoms with E-state index in [1.165, 1.54) is 23.1 Å². The van der Waals surface area contributed by atoms with Crippen LogP contribution in [0.5, 0.6) is 0 Å². The Labute approximate surface area is 176 Å². The van der Waals surface area contributed by atoms with Crippen LogP contribution in [0.15, 0.2) is 84.9 Å². The van der Waals surface area contributed by atoms with Crippen molar-refractivity contribution in [3.63, 3.8) is 0 Å². The predicted molar refractivity (Wildman–Crippen MR) is 121 cm³/mol. The van der Waals surface area contributed by atoms with Crippen LogP contribution >= 0.6 is 0 Å². The molecular formula is C26H24FN3. The fraction of sp³-hybridized carbons (Fsp3) is 0.192. The average Bonchev–Trinajstić information content (AvgIpc) is 2.80. The molecule has 3 nitrogen and oxygen atoms in total. The van der Waals surface area contributed by atoms with E-state index in [4.69, 9.17) is 4.98 Å². The number of para-hydroxylation sites is 1. The van der Waals surface area contributed by atoms with Crippen LogP contribution in [0.25, 0.3) is 22.0 Å². The van der Waals surface area contributed by atoms with Crippen molar-refractivity contribution in [3.8, 4) is 11.1 Å². The van der Waals surface area contributed by atoms with Crippen molar-refractivity contribution < 1.29 is 4.39 Å². The minimum Gasteiger partial charge on any atom is -0.354 e. The van der Waals surface area contributed by atoms with Crippen molar-refractivity contribution in [2.45, 2.75) is 6.54 Å². The van der Waals surface area contributed by atoms with Gasteiger partial charge in [-0.05, 0) is 47.0 Å². The molecule has 0 N–H and O–H groups in total. The van der Waals surface area contributed by atoms with Gasteiger partial charge in [0.25, 0.3) is 0 Å². The van der Waals surface area contributed by atoms with Crippen molar-refractivity contribution in [3.05, 3.63) is 96.3 Å². The zero-order chi connectivity index (χ0) is 20.3. The van der Waals surface area contributed by atoms with Crippen molar-refractivity contribution in [1.82, 2.24) is 9.88 Å². The maximum atomic E-state index is 13.1. The number of halogens is 1. The van der Waals surface area contributed by atoms with Gasteiger partial charge in [0.2, 0.25) is 0 Å². The summed E-state index contributed by atoms with van der Waals surface area (Å²) in [5, 5.41) is 1.18. The molecule has 0 unspecified atom stereocenters. The Morgan fingerprint density at radius 1 is 0.700 bits per heavy atom. The van der Waals surface area contributed by atoms with Gasteiger partial charge in [-0.1, -0.05) is 54.6 Å². The summed E-state index contributed by atoms with van der Waals surface area (Å²) in [4.78, 5) is 9.70. The van der Waals surface area contributed by atoms with Crippen LogP contribution < -0.4 is 4.90 Å². The Hall–Kier alpha value is -3.24. The number of fused-ring (bicyclic) bond motifs is 1. The summed E-state index contributed by atoms with van der Waals surface area (Å²) in [5.74, 6) is 0.866. The molecule has 1 aromatic heterocycles. The molecule has 0 spiro atoms. The van der Waals surface area contributed by atoms with Crippen molar-refractivity contribution in [1.29, 1.82) is 0 Å². The first-order chi connectivity index (χ1) is 14.7. The van der Waals surface area contributed by atoms with Crippen LogP contribution in [0.3, 0.4) is 0 Å². The lowest BCUT2D eigenvalue weighted by atomic mass is 10.0. The van der Waals surface area contributed by atoms with E-state index < -0.39 is 0 Å². The molecule has 0 aliphatic carbocycles. The summed E-state index contributed by atoms with van der Waals surface area (Å²) in [6, 6.07) is 27.8. The fourth-order valence-electron chi connectivity index (χ4n) is 4.07. The molecule has 0 saturated carbocycles. The highest BCUT2D eigenvalue weighted by Crippen LogP contribution is 2.22. The summed E-state index contributed by atoms with van der Waals surface area (Å²) in [6.07, 6.45) is 0. The second-order valence-electron chi connectivity index (χ2n) is 7.83. The zero-order valence-electron chi connectivity index (χ0n) is 16.8. The minimum atomic E-state index is -0.201. The fourth-order valence-corrected chi connectivity index (χ4v) is 4.07. The normalized spacial score (nSPS) is 14.9. The zero-order valence-corrected chi connectivity index (χ0v) is 16.8. The Morgan fingerprint density at radius 2 is 1.37 bits per heavy atom. The molecule has 1 saturated heterocycles. The van der Waals surface area contributed by atoms with Gasteiger partial charge < -0.3 is 4.90 Å². The first-order valence-corrected chi connectivity index (χ1v) is 10.4. The molecule has 0 bridgehead atoms. The summed E-state index contributed by atoms with van der Waals surface area (Å²) < 4.78 is 13.1. The number of rotatable bonds is 4. The molecule has 1 aliphatic rings. The average molecular weight is 397 g/mol. The number of benzene rings is 3. The van der Waals surface area contributed by atoms with Gasteiger partial charge >= 0.3 is 0 Å². The van der Waals surface area contributed by atoms with Gasteiger partial charge in [0.05, 0.1) is 5.52 Å². The molecule has 150 valence electrons. The van der Waals surface area contributed by atoms with E-state index in [9.17, 15) is 4.39 Å². The third-order valence-electron chi connectivity index (χ3n) is 5.82. The van der Waals surface area contributed by atoms with E-state index in [-0.39, 0.29) is 5.82 Å². The van der Waals surface area contributed by atoms with E-state index in [0.717, 1.165) is 55.2 Å². The van der Waals surface area contributed by atoms with Crippen LogP contribution in [-0.4, -0.2) is 36.1 Å². The molecule has 1 fully saturated rings. The number of aromatic nitrogens is 1. The molecule has 0 amide bonds. The Morgan fingerprint density at radius 3 is 2.10 bits per heavy atom. The van der Waals surface area contributed by atoms with Gasteiger partial charge in [0, 0.05) is 38.1 Å². The smallest absolute Gasteiger partial charge is 0.129 e. The first-order valence-electron chi connectivity index (χ1n) is 10.4. The van der Waals surface area contributed by atoms with E-state index in [2.05, 4.69) is 64.4 Å². The van der Waals surface area contributed by atoms with E-state index in [0.29, 0.717) is 0 Å². The van der Waals surface area contributed by atoms with Crippen LogP contribution in [0.2, 0.25) is 0 Å². The van der Waals surface area contributed by atoms with E-state index in [1.807, 2.05) is 18.2 Å². The topological polar surface area (TPSA) is 19.4 Å². The van der Waals surface area contributed by atoms with Crippen molar-refractivity contribution >= 4 is 16.7 Å². The highest BCUT2D eigenvalue weighted by molar-refractivity contribution is 5.80. The molecule has 2 heterocycles. The Balaban J connectivity index is 1.20. The monoisotopic (exact) mass is 397 g/mol. The summed E-state index contributed by atoms with van der Waals surface area (Å²) in [5.41, 5.74) is 4.52. The molecule has 30 heavy (non-hydrogen) atoms. The molecule has 0 radical (unpaired) electrons. The number of hydrogen-bond donors (Lipinski definition) is 0. The highest BCUT2D eigenvalue weighted by atomic mass is 19.1. The third kappa shape index (κ3) is 4.05. The second-order valence-corrected chi connectivity index (χ2v) is 7.83. The predicted octanol–water partition coefficient (Wildman–Crippen LogP) is 5.36. The van der Waals surface area contributed by atoms with Gasteiger partial charge in [-0.2, -0.15) is 0 Å². The van der Waals surface area contributed by atoms with Gasteiger partial charge in [0.15, 0.2) is 0 Å². The summed E-state index contributed by atoms with van der Waals surface area (Å²) in [7, 11) is 0. The Bertz CT molecular complexity index is 1130. The van der Waals surface area contributed by atoms with Crippen LogP contribution in [0.4, 0.5) is 10.2 Å². The standard InChI is InChI=1S/C26H24FN3/c27-24-12-9-22(10-13-24)21-7-5-20(6-8-21)19-29-15-17-30(18-16-29)26-14-11-23-3-1-2-4-25(23)28-26/h1-14H,15-19H2. The largest absolute Gasteiger partial charge is 0.354 e. The molecule has 3 aromatic carbocycles. The summed E-state index contributed by atoms with van der Waals surface area (Å²) >= 11 is 0. The molecule has 5 rings (SSSR count). The molecule has 1 aliphatic heterocycles. The number of nitrogens with zero attached hydrogens (tertiary/aromatic N) is 3. The molecule has 0 atom stereocenters. The van der Waals surface area contributed by atoms with Gasteiger partial charge in [0.1, 0.15) is 11.6 Å². The molecular weight excluding hydrogens is 373 g/mol. The second kappa shape index (κ2) is 8.25. The van der Waals surface area contributed by atoms with E-state index in [1.54, 1.807) is 0 Å². The number of hydrogen-bond acceptors (Lipinski definition) is 3. The first kappa shape index (κ1) is 18.8. The number of pyridine rings is 1. The SMILES string of the molecule is Fc1ccc(-c2ccc(CN3CCN(c4ccc5ccccc5n4)CC3)cc2)cc1. The quantitative estimate of drug-likeness (QED) is 0.462. The maximum Gasteiger partial charge on any atom is 0.129 e. The lowest BCUT2D eigenvalue weighted by Crippen LogP contribution is -2.46.